The molecule has 4 aromatic rings. The van der Waals surface area contributed by atoms with Crippen LogP contribution in [0.2, 0.25) is 0 Å². The quantitative estimate of drug-likeness (QED) is 0.605. The second-order valence-electron chi connectivity index (χ2n) is 5.88. The number of pyridine rings is 1. The van der Waals surface area contributed by atoms with E-state index < -0.39 is 0 Å². The van der Waals surface area contributed by atoms with Crippen LogP contribution in [0, 0.1) is 0 Å². The number of hydrogen-bond acceptors (Lipinski definition) is 3. The smallest absolute Gasteiger partial charge is 0.141 e. The van der Waals surface area contributed by atoms with Crippen LogP contribution in [0.5, 0.6) is 0 Å². The molecule has 1 aliphatic rings. The molecule has 1 aromatic carbocycles. The van der Waals surface area contributed by atoms with Crippen molar-refractivity contribution in [1.29, 1.82) is 0 Å². The maximum atomic E-state index is 4.67. The van der Waals surface area contributed by atoms with Gasteiger partial charge in [-0.3, -0.25) is 4.98 Å². The first kappa shape index (κ1) is 11.9. The van der Waals surface area contributed by atoms with Crippen LogP contribution < -0.4 is 0 Å². The molecular formula is C18H14N4. The molecule has 5 rings (SSSR count). The lowest BCUT2D eigenvalue weighted by molar-refractivity contribution is 0.943. The summed E-state index contributed by atoms with van der Waals surface area (Å²) in [7, 11) is 0. The van der Waals surface area contributed by atoms with Crippen molar-refractivity contribution in [3.05, 3.63) is 54.7 Å². The number of benzene rings is 1. The van der Waals surface area contributed by atoms with Crippen molar-refractivity contribution in [2.75, 3.05) is 0 Å². The van der Waals surface area contributed by atoms with Gasteiger partial charge in [-0.05, 0) is 36.6 Å². The number of aromatic nitrogens is 4. The molecule has 0 radical (unpaired) electrons. The molecule has 106 valence electrons. The topological polar surface area (TPSA) is 54.5 Å². The molecule has 4 heteroatoms. The Morgan fingerprint density at radius 3 is 2.95 bits per heavy atom. The van der Waals surface area contributed by atoms with Crippen LogP contribution in [0.1, 0.15) is 24.6 Å². The highest BCUT2D eigenvalue weighted by Crippen LogP contribution is 2.39. The zero-order chi connectivity index (χ0) is 14.5. The van der Waals surface area contributed by atoms with Crippen molar-refractivity contribution in [3.63, 3.8) is 0 Å². The van der Waals surface area contributed by atoms with Gasteiger partial charge in [-0.25, -0.2) is 9.97 Å². The third-order valence-corrected chi connectivity index (χ3v) is 4.31. The number of aromatic amines is 1. The van der Waals surface area contributed by atoms with E-state index in [1.807, 2.05) is 24.7 Å². The Kier molecular flexibility index (Phi) is 2.36. The number of nitrogens with zero attached hydrogens (tertiary/aromatic N) is 3. The predicted molar refractivity (Wildman–Crippen MR) is 86.6 cm³/mol. The molecule has 0 bridgehead atoms. The van der Waals surface area contributed by atoms with Crippen LogP contribution in [-0.4, -0.2) is 19.9 Å². The van der Waals surface area contributed by atoms with E-state index in [1.54, 1.807) is 0 Å². The van der Waals surface area contributed by atoms with Gasteiger partial charge in [0.1, 0.15) is 11.5 Å². The molecule has 1 fully saturated rings. The molecule has 4 nitrogen and oxygen atoms in total. The van der Waals surface area contributed by atoms with Crippen molar-refractivity contribution in [1.82, 2.24) is 19.9 Å². The first-order chi connectivity index (χ1) is 10.9. The summed E-state index contributed by atoms with van der Waals surface area (Å²) in [5, 5.41) is 2.22. The van der Waals surface area contributed by atoms with Gasteiger partial charge in [-0.1, -0.05) is 12.1 Å². The minimum atomic E-state index is 0.572. The largest absolute Gasteiger partial charge is 0.345 e. The van der Waals surface area contributed by atoms with Gasteiger partial charge in [0.05, 0.1) is 5.52 Å². The average molecular weight is 286 g/mol. The molecule has 0 unspecified atom stereocenters. The molecule has 0 spiro atoms. The zero-order valence-corrected chi connectivity index (χ0v) is 12.0. The fourth-order valence-electron chi connectivity index (χ4n) is 2.94. The number of fused-ring (bicyclic) bond motifs is 2. The minimum Gasteiger partial charge on any atom is -0.345 e. The van der Waals surface area contributed by atoms with E-state index in [9.17, 15) is 0 Å². The molecular weight excluding hydrogens is 272 g/mol. The number of H-pyrrole nitrogens is 1. The van der Waals surface area contributed by atoms with Crippen LogP contribution in [0.25, 0.3) is 33.1 Å². The Morgan fingerprint density at radius 2 is 2.05 bits per heavy atom. The summed E-state index contributed by atoms with van der Waals surface area (Å²) >= 11 is 0. The monoisotopic (exact) mass is 286 g/mol. The molecule has 0 saturated heterocycles. The summed E-state index contributed by atoms with van der Waals surface area (Å²) in [6.45, 7) is 0. The van der Waals surface area contributed by atoms with Crippen molar-refractivity contribution < 1.29 is 0 Å². The van der Waals surface area contributed by atoms with E-state index >= 15 is 0 Å². The van der Waals surface area contributed by atoms with Crippen LogP contribution in [0.15, 0.2) is 48.9 Å². The molecule has 22 heavy (non-hydrogen) atoms. The average Bonchev–Trinajstić information content (AvgIpc) is 3.34. The fourth-order valence-corrected chi connectivity index (χ4v) is 2.94. The van der Waals surface area contributed by atoms with E-state index in [4.69, 9.17) is 0 Å². The predicted octanol–water partition coefficient (Wildman–Crippen LogP) is 4.05. The van der Waals surface area contributed by atoms with Crippen molar-refractivity contribution >= 4 is 21.9 Å². The molecule has 1 saturated carbocycles. The van der Waals surface area contributed by atoms with Crippen LogP contribution in [0.4, 0.5) is 0 Å². The van der Waals surface area contributed by atoms with E-state index in [-0.39, 0.29) is 0 Å². The Hall–Kier alpha value is -2.75. The van der Waals surface area contributed by atoms with Gasteiger partial charge in [-0.15, -0.1) is 0 Å². The maximum Gasteiger partial charge on any atom is 0.141 e. The van der Waals surface area contributed by atoms with Gasteiger partial charge in [0, 0.05) is 40.8 Å². The van der Waals surface area contributed by atoms with Gasteiger partial charge >= 0.3 is 0 Å². The highest BCUT2D eigenvalue weighted by Gasteiger charge is 2.26. The lowest BCUT2D eigenvalue weighted by atomic mass is 10.0. The molecule has 0 aliphatic heterocycles. The van der Waals surface area contributed by atoms with Gasteiger partial charge in [0.15, 0.2) is 0 Å². The Morgan fingerprint density at radius 1 is 1.09 bits per heavy atom. The molecule has 3 aromatic heterocycles. The highest BCUT2D eigenvalue weighted by atomic mass is 15.0. The van der Waals surface area contributed by atoms with E-state index in [0.29, 0.717) is 5.92 Å². The molecule has 1 N–H and O–H groups in total. The third kappa shape index (κ3) is 1.80. The Labute approximate surface area is 127 Å². The van der Waals surface area contributed by atoms with Gasteiger partial charge in [0.2, 0.25) is 0 Å². The van der Waals surface area contributed by atoms with Crippen LogP contribution >= 0.6 is 0 Å². The summed E-state index contributed by atoms with van der Waals surface area (Å²) in [5.41, 5.74) is 4.24. The first-order valence-electron chi connectivity index (χ1n) is 7.58. The van der Waals surface area contributed by atoms with Crippen LogP contribution in [0.3, 0.4) is 0 Å². The molecule has 0 atom stereocenters. The standard InChI is InChI=1S/C18H14N4/c1-2-13-8-12(5-6-16(13)19-7-1)14-9-21-18-15(14)10-20-17(22-18)11-3-4-11/h1-2,5-11H,3-4H2,(H,20,21,22). The van der Waals surface area contributed by atoms with Gasteiger partial charge < -0.3 is 4.98 Å². The zero-order valence-electron chi connectivity index (χ0n) is 12.0. The van der Waals surface area contributed by atoms with Crippen molar-refractivity contribution in [2.45, 2.75) is 18.8 Å². The summed E-state index contributed by atoms with van der Waals surface area (Å²) in [6, 6.07) is 10.4. The number of nitrogens with one attached hydrogen (secondary N) is 1. The molecule has 3 heterocycles. The van der Waals surface area contributed by atoms with E-state index in [0.717, 1.165) is 38.9 Å². The Balaban J connectivity index is 1.67. The summed E-state index contributed by atoms with van der Waals surface area (Å²) in [6.07, 6.45) is 8.23. The lowest BCUT2D eigenvalue weighted by Crippen LogP contribution is -1.91. The SMILES string of the molecule is c1cnc2ccc(-c3c[nH]c4nc(C5CC5)ncc34)cc2c1. The minimum absolute atomic E-state index is 0.572. The lowest BCUT2D eigenvalue weighted by Gasteiger charge is -2.02. The third-order valence-electron chi connectivity index (χ3n) is 4.31. The summed E-state index contributed by atoms with van der Waals surface area (Å²) < 4.78 is 0. The van der Waals surface area contributed by atoms with Crippen LogP contribution in [-0.2, 0) is 0 Å². The maximum absolute atomic E-state index is 4.67. The second kappa shape index (κ2) is 4.37. The summed E-state index contributed by atoms with van der Waals surface area (Å²) in [5.74, 6) is 1.55. The van der Waals surface area contributed by atoms with Crippen molar-refractivity contribution in [2.24, 2.45) is 0 Å². The fraction of sp³-hybridized carbons (Fsp3) is 0.167. The molecule has 1 aliphatic carbocycles. The van der Waals surface area contributed by atoms with E-state index in [1.165, 1.54) is 12.8 Å². The first-order valence-corrected chi connectivity index (χ1v) is 7.58. The highest BCUT2D eigenvalue weighted by molar-refractivity contribution is 5.95. The van der Waals surface area contributed by atoms with Crippen molar-refractivity contribution in [3.8, 4) is 11.1 Å². The Bertz CT molecular complexity index is 998. The van der Waals surface area contributed by atoms with Gasteiger partial charge in [0.25, 0.3) is 0 Å². The second-order valence-corrected chi connectivity index (χ2v) is 5.88. The normalized spacial score (nSPS) is 14.7. The summed E-state index contributed by atoms with van der Waals surface area (Å²) in [4.78, 5) is 16.9. The van der Waals surface area contributed by atoms with E-state index in [2.05, 4.69) is 44.2 Å². The molecule has 0 amide bonds. The number of rotatable bonds is 2. The van der Waals surface area contributed by atoms with Gasteiger partial charge in [-0.2, -0.15) is 0 Å². The number of hydrogen-bond donors (Lipinski definition) is 1.